The van der Waals surface area contributed by atoms with Gasteiger partial charge in [-0.2, -0.15) is 0 Å². The van der Waals surface area contributed by atoms with Crippen molar-refractivity contribution in [2.75, 3.05) is 0 Å². The van der Waals surface area contributed by atoms with Crippen LogP contribution in [-0.4, -0.2) is 124 Å². The molecule has 10 nitrogen and oxygen atoms in total. The van der Waals surface area contributed by atoms with Crippen molar-refractivity contribution >= 4 is 124 Å². The average molecular weight is 982 g/mol. The van der Waals surface area contributed by atoms with Crippen molar-refractivity contribution in [1.82, 2.24) is 0 Å². The molecule has 1 aliphatic rings. The summed E-state index contributed by atoms with van der Waals surface area (Å²) in [5.41, 5.74) is 0. The zero-order valence-corrected chi connectivity index (χ0v) is 54.9. The van der Waals surface area contributed by atoms with E-state index in [1.807, 2.05) is 26.2 Å². The van der Waals surface area contributed by atoms with Gasteiger partial charge >= 0.3 is 0 Å². The van der Waals surface area contributed by atoms with Gasteiger partial charge in [0.2, 0.25) is 0 Å². The number of rotatable bonds is 13. The van der Waals surface area contributed by atoms with Crippen molar-refractivity contribution in [3.63, 3.8) is 0 Å². The summed E-state index contributed by atoms with van der Waals surface area (Å²) in [7, 11) is -17.0. The Hall–Kier alpha value is 2.64. The molecule has 1 heterocycles. The average Bonchev–Trinajstić information content (AvgIpc) is 2.77. The van der Waals surface area contributed by atoms with Gasteiger partial charge in [0.05, 0.1) is 0 Å². The molecule has 0 aromatic heterocycles. The lowest BCUT2D eigenvalue weighted by atomic mass is 11.0. The van der Waals surface area contributed by atoms with E-state index in [2.05, 4.69) is 151 Å². The monoisotopic (exact) mass is 980 g/mol. The maximum Gasteiger partial charge on any atom is 0.300 e. The van der Waals surface area contributed by atoms with Gasteiger partial charge < -0.3 is 41.2 Å². The van der Waals surface area contributed by atoms with Crippen molar-refractivity contribution in [1.29, 1.82) is 0 Å². The smallest absolute Gasteiger partial charge is 0.300 e. The van der Waals surface area contributed by atoms with Gasteiger partial charge in [-0.05, 0) is 176 Å². The Morgan fingerprint density at radius 2 is 0.615 bits per heavy atom. The molecular formula is C28H92O10Si14. The second kappa shape index (κ2) is 29.8. The van der Waals surface area contributed by atoms with Crippen LogP contribution in [0, 0.1) is 0 Å². The summed E-state index contributed by atoms with van der Waals surface area (Å²) >= 11 is 0. The highest BCUT2D eigenvalue weighted by Crippen LogP contribution is 2.15. The van der Waals surface area contributed by atoms with Gasteiger partial charge in [0.25, 0.3) is 55.7 Å². The van der Waals surface area contributed by atoms with E-state index in [1.165, 1.54) is 6.04 Å². The molecule has 0 saturated carbocycles. The molecule has 1 unspecified atom stereocenters. The summed E-state index contributed by atoms with van der Waals surface area (Å²) in [5.74, 6) is 0. The lowest BCUT2D eigenvalue weighted by Crippen LogP contribution is -2.44. The van der Waals surface area contributed by atoms with E-state index in [1.54, 1.807) is 0 Å². The van der Waals surface area contributed by atoms with Gasteiger partial charge in [-0.25, -0.2) is 0 Å². The second-order valence-electron chi connectivity index (χ2n) is 18.4. The third-order valence-corrected chi connectivity index (χ3v) is 44.9. The van der Waals surface area contributed by atoms with Crippen molar-refractivity contribution in [3.8, 4) is 0 Å². The molecule has 0 aromatic rings. The Labute approximate surface area is 346 Å². The van der Waals surface area contributed by atoms with Crippen LogP contribution < -0.4 is 0 Å². The fourth-order valence-corrected chi connectivity index (χ4v) is 44.0. The SMILES string of the molecule is CC[Si](C)(C)O[SiH](C)O[Si](C)(C)C.C[SiH](C)O[SiH](C)C.C[SiH](C)O[Si](C)(C)C.C[SiH](O[Si](C)(C)C)O[Si](C)(C)C.C[SiH]1O[SiH](C)O[SiH](C)O[SiH](C)O1. The molecule has 1 atom stereocenters. The molecule has 320 valence electrons. The molecule has 0 aromatic carbocycles. The first kappa shape index (κ1) is 61.3. The summed E-state index contributed by atoms with van der Waals surface area (Å²) in [6, 6.07) is 1.18. The molecule has 1 aliphatic heterocycles. The first-order valence-corrected chi connectivity index (χ1v) is 57.2. The summed E-state index contributed by atoms with van der Waals surface area (Å²) in [6.07, 6.45) is 0. The molecule has 0 radical (unpaired) electrons. The van der Waals surface area contributed by atoms with E-state index in [4.69, 9.17) is 41.2 Å². The van der Waals surface area contributed by atoms with Crippen molar-refractivity contribution in [3.05, 3.63) is 0 Å². The van der Waals surface area contributed by atoms with E-state index < -0.39 is 124 Å². The van der Waals surface area contributed by atoms with E-state index in [9.17, 15) is 0 Å². The van der Waals surface area contributed by atoms with Crippen LogP contribution in [0.1, 0.15) is 6.92 Å². The standard InChI is InChI=1S/C8H24O2Si3.C7H22O2Si3.C5H16OSi2.C4H16O4Si4.C4H14OSi2/c1-8-13(6,7)10-11(2)9-12(3,4)5;1-10(8-11(2,3)4)9-12(5,6)7;1-7(2)6-8(3,4)5;1-9-5-10(2)7-12(4)8-11(3)6-9;1-6(2)5-7(3)4/h11H,8H2,1-7H3;10H,1-7H3;7H,1-5H3;9-12H,1-4H3;6-7H,1-4H3. The molecule has 1 saturated heterocycles. The van der Waals surface area contributed by atoms with Crippen LogP contribution in [0.2, 0.25) is 176 Å². The fraction of sp³-hybridized carbons (Fsp3) is 1.00. The van der Waals surface area contributed by atoms with Crippen molar-refractivity contribution in [2.45, 2.75) is 183 Å². The Bertz CT molecular complexity index is 793. The maximum atomic E-state index is 6.05. The molecule has 0 N–H and O–H groups in total. The van der Waals surface area contributed by atoms with Crippen LogP contribution >= 0.6 is 0 Å². The van der Waals surface area contributed by atoms with Crippen LogP contribution in [0.4, 0.5) is 0 Å². The minimum Gasteiger partial charge on any atom is -0.461 e. The lowest BCUT2D eigenvalue weighted by Gasteiger charge is -2.29. The fourth-order valence-electron chi connectivity index (χ4n) is 4.53. The topological polar surface area (TPSA) is 92.3 Å². The van der Waals surface area contributed by atoms with Crippen molar-refractivity contribution in [2.24, 2.45) is 0 Å². The summed E-state index contributed by atoms with van der Waals surface area (Å²) in [6.45, 7) is 59.1. The van der Waals surface area contributed by atoms with Crippen LogP contribution in [0.25, 0.3) is 0 Å². The zero-order valence-electron chi connectivity index (χ0n) is 39.5. The van der Waals surface area contributed by atoms with E-state index in [0.29, 0.717) is 0 Å². The van der Waals surface area contributed by atoms with Crippen LogP contribution in [0.3, 0.4) is 0 Å². The van der Waals surface area contributed by atoms with Crippen LogP contribution in [-0.2, 0) is 41.2 Å². The molecule has 24 heteroatoms. The second-order valence-corrected chi connectivity index (χ2v) is 62.8. The minimum absolute atomic E-state index is 0.667. The van der Waals surface area contributed by atoms with Gasteiger partial charge in [-0.1, -0.05) is 6.92 Å². The molecule has 0 spiro atoms. The Morgan fingerprint density at radius 3 is 0.750 bits per heavy atom. The first-order chi connectivity index (χ1) is 22.9. The predicted octanol–water partition coefficient (Wildman–Crippen LogP) is 7.73. The third kappa shape index (κ3) is 54.7. The Morgan fingerprint density at radius 1 is 0.385 bits per heavy atom. The molecular weight excluding hydrogens is 890 g/mol. The highest BCUT2D eigenvalue weighted by atomic mass is 28.5. The lowest BCUT2D eigenvalue weighted by molar-refractivity contribution is 0.295. The Balaban J connectivity index is -0.000000282. The largest absolute Gasteiger partial charge is 0.461 e. The third-order valence-electron chi connectivity index (χ3n) is 5.56. The van der Waals surface area contributed by atoms with Gasteiger partial charge in [-0.3, -0.25) is 0 Å². The van der Waals surface area contributed by atoms with Gasteiger partial charge in [-0.15, -0.1) is 0 Å². The number of hydrogen-bond acceptors (Lipinski definition) is 10. The molecule has 1 rings (SSSR count). The van der Waals surface area contributed by atoms with Gasteiger partial charge in [0.15, 0.2) is 68.7 Å². The molecule has 0 amide bonds. The van der Waals surface area contributed by atoms with E-state index in [-0.39, 0.29) is 0 Å². The Kier molecular flexibility index (Phi) is 35.1. The van der Waals surface area contributed by atoms with Crippen LogP contribution in [0.15, 0.2) is 0 Å². The zero-order chi connectivity index (χ0) is 42.5. The maximum absolute atomic E-state index is 6.05. The van der Waals surface area contributed by atoms with Crippen molar-refractivity contribution < 1.29 is 41.2 Å². The summed E-state index contributed by atoms with van der Waals surface area (Å²) in [5, 5.41) is 0. The minimum atomic E-state index is -1.42. The normalized spacial score (nSPS) is 21.1. The van der Waals surface area contributed by atoms with Gasteiger partial charge in [0, 0.05) is 0 Å². The van der Waals surface area contributed by atoms with E-state index >= 15 is 0 Å². The number of hydrogen-bond donors (Lipinski definition) is 0. The van der Waals surface area contributed by atoms with E-state index in [0.717, 1.165) is 0 Å². The predicted molar refractivity (Wildman–Crippen MR) is 267 cm³/mol. The quantitative estimate of drug-likeness (QED) is 0.171. The molecule has 0 aliphatic carbocycles. The highest BCUT2D eigenvalue weighted by Gasteiger charge is 2.28. The summed E-state index contributed by atoms with van der Waals surface area (Å²) < 4.78 is 57.7. The first-order valence-electron chi connectivity index (χ1n) is 19.5. The highest BCUT2D eigenvalue weighted by molar-refractivity contribution is 6.82. The van der Waals surface area contributed by atoms with Gasteiger partial charge in [0.1, 0.15) is 0 Å². The molecule has 1 fully saturated rings. The molecule has 0 bridgehead atoms. The molecule has 52 heavy (non-hydrogen) atoms. The summed E-state index contributed by atoms with van der Waals surface area (Å²) in [4.78, 5) is 0. The van der Waals surface area contributed by atoms with Crippen LogP contribution in [0.5, 0.6) is 0 Å².